The molecule has 1 aromatic carbocycles. The number of carbonyl (C=O) groups excluding carboxylic acids is 1. The highest BCUT2D eigenvalue weighted by atomic mass is 19.1. The average Bonchev–Trinajstić information content (AvgIpc) is 2.42. The molecule has 6 heteroatoms. The van der Waals surface area contributed by atoms with Crippen molar-refractivity contribution >= 4 is 11.9 Å². The van der Waals surface area contributed by atoms with E-state index in [0.717, 1.165) is 12.1 Å². The zero-order valence-electron chi connectivity index (χ0n) is 10.8. The maximum atomic E-state index is 12.7. The van der Waals surface area contributed by atoms with Crippen molar-refractivity contribution in [1.29, 1.82) is 0 Å². The van der Waals surface area contributed by atoms with Gasteiger partial charge < -0.3 is 15.2 Å². The molecule has 2 N–H and O–H groups in total. The van der Waals surface area contributed by atoms with Crippen LogP contribution >= 0.6 is 0 Å². The Morgan fingerprint density at radius 3 is 2.60 bits per heavy atom. The lowest BCUT2D eigenvalue weighted by molar-refractivity contribution is -0.145. The standard InChI is InChI=1S/C14H16FNO4/c1-2-3-4-13(17)16-9-12(14(18)19)20-11-7-5-10(15)6-8-11/h2,5-8,12H,1,3-4,9H2,(H,16,17)(H,18,19). The van der Waals surface area contributed by atoms with Crippen LogP contribution in [0.15, 0.2) is 36.9 Å². The molecule has 0 heterocycles. The molecule has 0 saturated carbocycles. The van der Waals surface area contributed by atoms with Crippen molar-refractivity contribution < 1.29 is 23.8 Å². The van der Waals surface area contributed by atoms with Crippen LogP contribution in [0.5, 0.6) is 5.75 Å². The molecule has 0 spiro atoms. The fourth-order valence-corrected chi connectivity index (χ4v) is 1.38. The number of allylic oxidation sites excluding steroid dienone is 1. The van der Waals surface area contributed by atoms with Crippen LogP contribution in [0.1, 0.15) is 12.8 Å². The minimum absolute atomic E-state index is 0.164. The highest BCUT2D eigenvalue weighted by molar-refractivity contribution is 5.78. The third-order valence-electron chi connectivity index (χ3n) is 2.43. The van der Waals surface area contributed by atoms with Crippen molar-refractivity contribution in [2.75, 3.05) is 6.54 Å². The number of carboxylic acid groups (broad SMARTS) is 1. The second-order valence-corrected chi connectivity index (χ2v) is 4.03. The summed E-state index contributed by atoms with van der Waals surface area (Å²) < 4.78 is 17.9. The SMILES string of the molecule is C=CCCC(=O)NCC(Oc1ccc(F)cc1)C(=O)O. The monoisotopic (exact) mass is 281 g/mol. The van der Waals surface area contributed by atoms with Crippen LogP contribution in [0.25, 0.3) is 0 Å². The molecule has 5 nitrogen and oxygen atoms in total. The highest BCUT2D eigenvalue weighted by Crippen LogP contribution is 2.13. The van der Waals surface area contributed by atoms with Crippen molar-refractivity contribution in [2.24, 2.45) is 0 Å². The van der Waals surface area contributed by atoms with Gasteiger partial charge in [-0.1, -0.05) is 6.08 Å². The van der Waals surface area contributed by atoms with Crippen LogP contribution in [-0.2, 0) is 9.59 Å². The molecule has 0 radical (unpaired) electrons. The Morgan fingerprint density at radius 1 is 1.40 bits per heavy atom. The number of hydrogen-bond acceptors (Lipinski definition) is 3. The Kier molecular flexibility index (Phi) is 6.22. The van der Waals surface area contributed by atoms with E-state index in [1.165, 1.54) is 12.1 Å². The summed E-state index contributed by atoms with van der Waals surface area (Å²) in [5.41, 5.74) is 0. The Balaban J connectivity index is 2.52. The van der Waals surface area contributed by atoms with E-state index in [2.05, 4.69) is 11.9 Å². The van der Waals surface area contributed by atoms with E-state index in [9.17, 15) is 14.0 Å². The number of ether oxygens (including phenoxy) is 1. The van der Waals surface area contributed by atoms with Gasteiger partial charge in [-0.3, -0.25) is 4.79 Å². The number of benzene rings is 1. The number of carbonyl (C=O) groups is 2. The lowest BCUT2D eigenvalue weighted by Crippen LogP contribution is -2.40. The lowest BCUT2D eigenvalue weighted by Gasteiger charge is -2.15. The van der Waals surface area contributed by atoms with E-state index in [1.807, 2.05) is 0 Å². The van der Waals surface area contributed by atoms with Gasteiger partial charge >= 0.3 is 5.97 Å². The number of rotatable bonds is 8. The maximum Gasteiger partial charge on any atom is 0.346 e. The molecule has 1 unspecified atom stereocenters. The first-order valence-corrected chi connectivity index (χ1v) is 6.05. The molecular weight excluding hydrogens is 265 g/mol. The van der Waals surface area contributed by atoms with Gasteiger partial charge in [0.25, 0.3) is 0 Å². The summed E-state index contributed by atoms with van der Waals surface area (Å²) in [4.78, 5) is 22.4. The largest absolute Gasteiger partial charge is 0.478 e. The fraction of sp³-hybridized carbons (Fsp3) is 0.286. The Labute approximate surface area is 116 Å². The summed E-state index contributed by atoms with van der Waals surface area (Å²) in [6.45, 7) is 3.33. The number of nitrogens with one attached hydrogen (secondary N) is 1. The topological polar surface area (TPSA) is 75.6 Å². The number of halogens is 1. The third-order valence-corrected chi connectivity index (χ3v) is 2.43. The molecule has 0 aromatic heterocycles. The minimum Gasteiger partial charge on any atom is -0.478 e. The first-order valence-electron chi connectivity index (χ1n) is 6.05. The molecule has 0 aliphatic rings. The average molecular weight is 281 g/mol. The predicted molar refractivity (Wildman–Crippen MR) is 70.9 cm³/mol. The summed E-state index contributed by atoms with van der Waals surface area (Å²) in [6, 6.07) is 4.98. The molecule has 0 bridgehead atoms. The van der Waals surface area contributed by atoms with Crippen LogP contribution in [0.4, 0.5) is 4.39 Å². The van der Waals surface area contributed by atoms with Gasteiger partial charge in [-0.15, -0.1) is 6.58 Å². The van der Waals surface area contributed by atoms with Crippen molar-refractivity contribution in [3.05, 3.63) is 42.7 Å². The maximum absolute atomic E-state index is 12.7. The van der Waals surface area contributed by atoms with Gasteiger partial charge in [-0.2, -0.15) is 0 Å². The number of aliphatic carboxylic acids is 1. The normalized spacial score (nSPS) is 11.4. The minimum atomic E-state index is -1.23. The first kappa shape index (κ1) is 15.7. The van der Waals surface area contributed by atoms with Crippen molar-refractivity contribution in [2.45, 2.75) is 18.9 Å². The summed E-state index contributed by atoms with van der Waals surface area (Å²) in [5, 5.41) is 11.5. The summed E-state index contributed by atoms with van der Waals surface area (Å²) >= 11 is 0. The summed E-state index contributed by atoms with van der Waals surface area (Å²) in [6.07, 6.45) is 1.13. The molecule has 20 heavy (non-hydrogen) atoms. The smallest absolute Gasteiger partial charge is 0.346 e. The van der Waals surface area contributed by atoms with E-state index in [1.54, 1.807) is 6.08 Å². The molecule has 1 amide bonds. The van der Waals surface area contributed by atoms with E-state index in [-0.39, 0.29) is 24.6 Å². The Bertz CT molecular complexity index is 473. The number of carboxylic acids is 1. The van der Waals surface area contributed by atoms with E-state index in [0.29, 0.717) is 6.42 Å². The van der Waals surface area contributed by atoms with Crippen LogP contribution in [0.3, 0.4) is 0 Å². The number of hydrogen-bond donors (Lipinski definition) is 2. The second kappa shape index (κ2) is 7.93. The second-order valence-electron chi connectivity index (χ2n) is 4.03. The third kappa shape index (κ3) is 5.51. The Morgan fingerprint density at radius 2 is 2.05 bits per heavy atom. The van der Waals surface area contributed by atoms with E-state index in [4.69, 9.17) is 9.84 Å². The van der Waals surface area contributed by atoms with Gasteiger partial charge in [-0.25, -0.2) is 9.18 Å². The van der Waals surface area contributed by atoms with E-state index >= 15 is 0 Å². The van der Waals surface area contributed by atoms with Crippen molar-refractivity contribution in [1.82, 2.24) is 5.32 Å². The molecule has 1 atom stereocenters. The predicted octanol–water partition coefficient (Wildman–Crippen LogP) is 1.74. The van der Waals surface area contributed by atoms with Crippen molar-refractivity contribution in [3.63, 3.8) is 0 Å². The molecule has 108 valence electrons. The highest BCUT2D eigenvalue weighted by Gasteiger charge is 2.20. The molecule has 0 fully saturated rings. The molecular formula is C14H16FNO4. The van der Waals surface area contributed by atoms with Gasteiger partial charge in [0.15, 0.2) is 0 Å². The van der Waals surface area contributed by atoms with Crippen molar-refractivity contribution in [3.8, 4) is 5.75 Å². The van der Waals surface area contributed by atoms with Gasteiger partial charge in [0.05, 0.1) is 6.54 Å². The summed E-state index contributed by atoms with van der Waals surface area (Å²) in [5.74, 6) is -1.71. The van der Waals surface area contributed by atoms with Gasteiger partial charge in [0.1, 0.15) is 11.6 Å². The zero-order valence-corrected chi connectivity index (χ0v) is 10.8. The number of amides is 1. The molecule has 1 aromatic rings. The van der Waals surface area contributed by atoms with Crippen LogP contribution in [0, 0.1) is 5.82 Å². The fourth-order valence-electron chi connectivity index (χ4n) is 1.38. The van der Waals surface area contributed by atoms with Crippen LogP contribution in [-0.4, -0.2) is 29.6 Å². The molecule has 0 saturated heterocycles. The van der Waals surface area contributed by atoms with Crippen LogP contribution < -0.4 is 10.1 Å². The first-order chi connectivity index (χ1) is 9.52. The molecule has 0 aliphatic heterocycles. The molecule has 0 aliphatic carbocycles. The van der Waals surface area contributed by atoms with Crippen LogP contribution in [0.2, 0.25) is 0 Å². The lowest BCUT2D eigenvalue weighted by atomic mass is 10.2. The van der Waals surface area contributed by atoms with Gasteiger partial charge in [0, 0.05) is 6.42 Å². The molecule has 1 rings (SSSR count). The van der Waals surface area contributed by atoms with E-state index < -0.39 is 17.9 Å². The zero-order chi connectivity index (χ0) is 15.0. The van der Waals surface area contributed by atoms with Gasteiger partial charge in [-0.05, 0) is 30.7 Å². The Hall–Kier alpha value is -2.37. The quantitative estimate of drug-likeness (QED) is 0.712. The van der Waals surface area contributed by atoms with Gasteiger partial charge in [0.2, 0.25) is 12.0 Å². The summed E-state index contributed by atoms with van der Waals surface area (Å²) in [7, 11) is 0.